The smallest absolute Gasteiger partial charge is 0.338 e. The summed E-state index contributed by atoms with van der Waals surface area (Å²) in [5, 5.41) is 14.3. The van der Waals surface area contributed by atoms with Gasteiger partial charge in [-0.2, -0.15) is 0 Å². The Morgan fingerprint density at radius 1 is 1.24 bits per heavy atom. The lowest BCUT2D eigenvalue weighted by Gasteiger charge is -2.07. The fraction of sp³-hybridized carbons (Fsp3) is 0.250. The van der Waals surface area contributed by atoms with E-state index < -0.39 is 5.97 Å². The fourth-order valence-corrected chi connectivity index (χ4v) is 3.04. The number of carbonyl (C=O) groups is 2. The minimum absolute atomic E-state index is 0.206. The number of carboxylic acids is 1. The van der Waals surface area contributed by atoms with Crippen LogP contribution >= 0.6 is 11.3 Å². The first-order valence-electron chi connectivity index (χ1n) is 6.69. The molecular weight excluding hydrogens is 286 g/mol. The lowest BCUT2D eigenvalue weighted by Crippen LogP contribution is -2.14. The summed E-state index contributed by atoms with van der Waals surface area (Å²) in [6.07, 6.45) is 0.680. The van der Waals surface area contributed by atoms with E-state index in [0.29, 0.717) is 22.9 Å². The van der Waals surface area contributed by atoms with E-state index in [1.54, 1.807) is 24.3 Å². The number of nitrogens with one attached hydrogen (secondary N) is 1. The molecule has 110 valence electrons. The van der Waals surface area contributed by atoms with Gasteiger partial charge in [0.05, 0.1) is 5.56 Å². The Hall–Kier alpha value is -2.14. The van der Waals surface area contributed by atoms with Gasteiger partial charge in [-0.05, 0) is 35.4 Å². The summed E-state index contributed by atoms with van der Waals surface area (Å²) in [6.45, 7) is 4.07. The highest BCUT2D eigenvalue weighted by Crippen LogP contribution is 2.30. The van der Waals surface area contributed by atoms with Crippen LogP contribution in [0.15, 0.2) is 35.7 Å². The second kappa shape index (κ2) is 6.54. The topological polar surface area (TPSA) is 66.4 Å². The summed E-state index contributed by atoms with van der Waals surface area (Å²) < 4.78 is 0. The van der Waals surface area contributed by atoms with Crippen molar-refractivity contribution < 1.29 is 14.7 Å². The van der Waals surface area contributed by atoms with E-state index >= 15 is 0 Å². The molecule has 0 bridgehead atoms. The van der Waals surface area contributed by atoms with Crippen molar-refractivity contribution >= 4 is 28.2 Å². The zero-order valence-corrected chi connectivity index (χ0v) is 12.7. The number of anilines is 1. The third-order valence-electron chi connectivity index (χ3n) is 2.97. The number of amides is 1. The molecule has 21 heavy (non-hydrogen) atoms. The monoisotopic (exact) mass is 303 g/mol. The van der Waals surface area contributed by atoms with Crippen molar-refractivity contribution in [1.82, 2.24) is 0 Å². The van der Waals surface area contributed by atoms with Gasteiger partial charge in [-0.3, -0.25) is 4.79 Å². The maximum Gasteiger partial charge on any atom is 0.338 e. The number of thiophene rings is 1. The van der Waals surface area contributed by atoms with Gasteiger partial charge in [0, 0.05) is 5.56 Å². The van der Waals surface area contributed by atoms with Gasteiger partial charge in [-0.25, -0.2) is 4.79 Å². The molecule has 1 heterocycles. The Bertz CT molecular complexity index is 647. The molecule has 0 aliphatic carbocycles. The number of aromatic carboxylic acids is 1. The highest BCUT2D eigenvalue weighted by molar-refractivity contribution is 7.15. The summed E-state index contributed by atoms with van der Waals surface area (Å²) in [5.41, 5.74) is 1.48. The van der Waals surface area contributed by atoms with Crippen molar-refractivity contribution in [2.24, 2.45) is 5.92 Å². The van der Waals surface area contributed by atoms with Crippen LogP contribution in [0.2, 0.25) is 0 Å². The van der Waals surface area contributed by atoms with Crippen LogP contribution in [0.25, 0.3) is 0 Å². The molecule has 0 aliphatic heterocycles. The molecule has 0 saturated heterocycles. The number of hydrogen-bond donors (Lipinski definition) is 2. The minimum Gasteiger partial charge on any atom is -0.478 e. The molecule has 1 amide bonds. The molecule has 2 rings (SSSR count). The van der Waals surface area contributed by atoms with E-state index in [-0.39, 0.29) is 11.5 Å². The second-order valence-corrected chi connectivity index (χ2v) is 6.07. The number of benzene rings is 1. The van der Waals surface area contributed by atoms with Crippen molar-refractivity contribution in [2.75, 3.05) is 5.32 Å². The number of carboxylic acid groups (broad SMARTS) is 1. The molecule has 0 unspecified atom stereocenters. The fourth-order valence-electron chi connectivity index (χ4n) is 2.07. The van der Waals surface area contributed by atoms with Gasteiger partial charge in [0.2, 0.25) is 0 Å². The molecule has 2 aromatic rings. The molecule has 5 heteroatoms. The molecule has 0 radical (unpaired) electrons. The zero-order valence-electron chi connectivity index (χ0n) is 11.9. The van der Waals surface area contributed by atoms with Crippen LogP contribution in [0.5, 0.6) is 0 Å². The number of carbonyl (C=O) groups excluding carboxylic acids is 1. The van der Waals surface area contributed by atoms with Gasteiger partial charge >= 0.3 is 5.97 Å². The Morgan fingerprint density at radius 2 is 1.90 bits per heavy atom. The highest BCUT2D eigenvalue weighted by atomic mass is 32.1. The summed E-state index contributed by atoms with van der Waals surface area (Å²) in [7, 11) is 0. The van der Waals surface area contributed by atoms with Gasteiger partial charge in [-0.15, -0.1) is 11.3 Å². The zero-order chi connectivity index (χ0) is 15.4. The van der Waals surface area contributed by atoms with Crippen LogP contribution in [0.3, 0.4) is 0 Å². The van der Waals surface area contributed by atoms with Gasteiger partial charge in [0.25, 0.3) is 5.91 Å². The first kappa shape index (κ1) is 15.3. The van der Waals surface area contributed by atoms with Crippen LogP contribution in [-0.2, 0) is 6.42 Å². The lowest BCUT2D eigenvalue weighted by atomic mass is 10.0. The average molecular weight is 303 g/mol. The van der Waals surface area contributed by atoms with E-state index in [0.717, 1.165) is 5.56 Å². The van der Waals surface area contributed by atoms with E-state index in [1.807, 2.05) is 25.3 Å². The first-order chi connectivity index (χ1) is 9.99. The Morgan fingerprint density at radius 3 is 2.48 bits per heavy atom. The lowest BCUT2D eigenvalue weighted by molar-refractivity contribution is 0.0697. The molecule has 0 aliphatic rings. The predicted octanol–water partition coefficient (Wildman–Crippen LogP) is 3.90. The van der Waals surface area contributed by atoms with Crippen LogP contribution in [0.4, 0.5) is 5.00 Å². The SMILES string of the molecule is CC(C)Cc1csc(NC(=O)c2ccccc2)c1C(=O)O. The van der Waals surface area contributed by atoms with E-state index in [2.05, 4.69) is 5.32 Å². The first-order valence-corrected chi connectivity index (χ1v) is 7.57. The van der Waals surface area contributed by atoms with Crippen molar-refractivity contribution in [1.29, 1.82) is 0 Å². The van der Waals surface area contributed by atoms with Crippen LogP contribution in [0.1, 0.15) is 40.1 Å². The average Bonchev–Trinajstić information content (AvgIpc) is 2.81. The van der Waals surface area contributed by atoms with Gasteiger partial charge < -0.3 is 10.4 Å². The Kier molecular flexibility index (Phi) is 4.75. The van der Waals surface area contributed by atoms with E-state index in [4.69, 9.17) is 0 Å². The van der Waals surface area contributed by atoms with Crippen molar-refractivity contribution in [3.63, 3.8) is 0 Å². The van der Waals surface area contributed by atoms with Crippen LogP contribution in [-0.4, -0.2) is 17.0 Å². The summed E-state index contributed by atoms with van der Waals surface area (Å²) in [4.78, 5) is 23.6. The minimum atomic E-state index is -1.00. The largest absolute Gasteiger partial charge is 0.478 e. The van der Waals surface area contributed by atoms with Crippen molar-refractivity contribution in [3.8, 4) is 0 Å². The summed E-state index contributed by atoms with van der Waals surface area (Å²) in [6, 6.07) is 8.75. The van der Waals surface area contributed by atoms with E-state index in [1.165, 1.54) is 11.3 Å². The summed E-state index contributed by atoms with van der Waals surface area (Å²) in [5.74, 6) is -0.943. The molecule has 2 N–H and O–H groups in total. The second-order valence-electron chi connectivity index (χ2n) is 5.19. The Labute approximate surface area is 127 Å². The summed E-state index contributed by atoms with van der Waals surface area (Å²) >= 11 is 1.26. The predicted molar refractivity (Wildman–Crippen MR) is 84.2 cm³/mol. The highest BCUT2D eigenvalue weighted by Gasteiger charge is 2.20. The number of hydrogen-bond acceptors (Lipinski definition) is 3. The third-order valence-corrected chi connectivity index (χ3v) is 3.92. The molecule has 1 aromatic heterocycles. The van der Waals surface area contributed by atoms with Crippen LogP contribution in [0, 0.1) is 5.92 Å². The van der Waals surface area contributed by atoms with Crippen molar-refractivity contribution in [2.45, 2.75) is 20.3 Å². The van der Waals surface area contributed by atoms with Gasteiger partial charge in [-0.1, -0.05) is 32.0 Å². The normalized spacial score (nSPS) is 10.6. The third kappa shape index (κ3) is 3.70. The molecule has 0 fully saturated rings. The maximum absolute atomic E-state index is 12.1. The molecule has 0 saturated carbocycles. The van der Waals surface area contributed by atoms with Crippen molar-refractivity contribution in [3.05, 3.63) is 52.4 Å². The molecule has 1 aromatic carbocycles. The maximum atomic E-state index is 12.1. The number of rotatable bonds is 5. The molecule has 0 atom stereocenters. The molecular formula is C16H17NO3S. The molecule has 0 spiro atoms. The molecule has 4 nitrogen and oxygen atoms in total. The standard InChI is InChI=1S/C16H17NO3S/c1-10(2)8-12-9-21-15(13(12)16(19)20)17-14(18)11-6-4-3-5-7-11/h3-7,9-10H,8H2,1-2H3,(H,17,18)(H,19,20). The van der Waals surface area contributed by atoms with E-state index in [9.17, 15) is 14.7 Å². The van der Waals surface area contributed by atoms with Gasteiger partial charge in [0.1, 0.15) is 5.00 Å². The quantitative estimate of drug-likeness (QED) is 0.880. The Balaban J connectivity index is 2.26. The van der Waals surface area contributed by atoms with Gasteiger partial charge in [0.15, 0.2) is 0 Å². The van der Waals surface area contributed by atoms with Crippen LogP contribution < -0.4 is 5.32 Å².